The lowest BCUT2D eigenvalue weighted by atomic mass is 9.75. The van der Waals surface area contributed by atoms with Gasteiger partial charge in [0.15, 0.2) is 5.60 Å². The van der Waals surface area contributed by atoms with Gasteiger partial charge in [-0.25, -0.2) is 0 Å². The van der Waals surface area contributed by atoms with Crippen LogP contribution in [0.1, 0.15) is 88.6 Å². The zero-order valence-corrected chi connectivity index (χ0v) is 29.7. The van der Waals surface area contributed by atoms with Gasteiger partial charge in [-0.05, 0) is 81.4 Å². The van der Waals surface area contributed by atoms with E-state index < -0.39 is 40.7 Å². The van der Waals surface area contributed by atoms with Gasteiger partial charge < -0.3 is 40.1 Å². The van der Waals surface area contributed by atoms with Crippen LogP contribution in [0.25, 0.3) is 0 Å². The number of hydrogen-bond acceptors (Lipinski definition) is 9. The molecule has 48 heavy (non-hydrogen) atoms. The first-order valence-corrected chi connectivity index (χ1v) is 17.3. The Kier molecular flexibility index (Phi) is 11.9. The average molecular weight is 669 g/mol. The van der Waals surface area contributed by atoms with Crippen LogP contribution in [0.5, 0.6) is 0 Å². The molecule has 0 unspecified atom stereocenters. The van der Waals surface area contributed by atoms with Crippen molar-refractivity contribution in [2.45, 2.75) is 116 Å². The first kappa shape index (κ1) is 38.1. The molecule has 1 amide bonds. The monoisotopic (exact) mass is 668 g/mol. The second-order valence-electron chi connectivity index (χ2n) is 14.8. The summed E-state index contributed by atoms with van der Waals surface area (Å²) in [5, 5.41) is 46.5. The van der Waals surface area contributed by atoms with E-state index >= 15 is 0 Å². The Bertz CT molecular complexity index is 1420. The van der Waals surface area contributed by atoms with Gasteiger partial charge in [-0.1, -0.05) is 64.1 Å². The van der Waals surface area contributed by atoms with Crippen LogP contribution in [0.15, 0.2) is 42.5 Å². The number of Topliss-reactive ketones (excluding diaryl/α,β-unsaturated/α-hetero) is 1. The number of likely N-dealkylation sites (N-methyl/N-ethyl adjacent to an activating group) is 1. The van der Waals surface area contributed by atoms with Crippen LogP contribution in [0.4, 0.5) is 0 Å². The van der Waals surface area contributed by atoms with E-state index in [1.165, 1.54) is 13.8 Å². The van der Waals surface area contributed by atoms with Crippen molar-refractivity contribution in [2.75, 3.05) is 32.8 Å². The summed E-state index contributed by atoms with van der Waals surface area (Å²) in [4.78, 5) is 27.7. The zero-order chi connectivity index (χ0) is 35.5. The lowest BCUT2D eigenvalue weighted by molar-refractivity contribution is -0.348. The number of carbonyl (C=O) groups excluding carboxylic acids is 2. The van der Waals surface area contributed by atoms with Gasteiger partial charge in [-0.3, -0.25) is 9.59 Å². The Labute approximate surface area is 285 Å². The largest absolute Gasteiger partial charge is 0.387 e. The number of nitrogens with one attached hydrogen (secondary N) is 1. The van der Waals surface area contributed by atoms with E-state index in [2.05, 4.69) is 48.3 Å². The molecule has 10 heteroatoms. The fraction of sp³-hybridized carbons (Fsp3) is 0.632. The molecule has 2 bridgehead atoms. The predicted molar refractivity (Wildman–Crippen MR) is 183 cm³/mol. The number of aryl methyl sites for hydroxylation is 2. The van der Waals surface area contributed by atoms with Crippen LogP contribution in [-0.4, -0.2) is 99.3 Å². The van der Waals surface area contributed by atoms with Crippen LogP contribution >= 0.6 is 0 Å². The van der Waals surface area contributed by atoms with Gasteiger partial charge in [0, 0.05) is 31.5 Å². The Balaban J connectivity index is 1.33. The highest BCUT2D eigenvalue weighted by molar-refractivity contribution is 5.89. The van der Waals surface area contributed by atoms with Gasteiger partial charge in [0.25, 0.3) is 0 Å². The number of ketones is 1. The molecule has 2 aromatic carbocycles. The maximum atomic E-state index is 12.8. The fourth-order valence-corrected chi connectivity index (χ4v) is 6.87. The molecule has 2 aliphatic rings. The molecule has 2 fully saturated rings. The minimum atomic E-state index is -1.74. The van der Waals surface area contributed by atoms with E-state index in [1.54, 1.807) is 6.07 Å². The molecule has 0 saturated carbocycles. The third-order valence-corrected chi connectivity index (χ3v) is 10.3. The third-order valence-electron chi connectivity index (χ3n) is 10.3. The quantitative estimate of drug-likeness (QED) is 0.182. The zero-order valence-electron chi connectivity index (χ0n) is 29.7. The summed E-state index contributed by atoms with van der Waals surface area (Å²) in [5.41, 5.74) is 0.758. The van der Waals surface area contributed by atoms with Gasteiger partial charge in [-0.2, -0.15) is 0 Å². The maximum absolute atomic E-state index is 12.8. The molecule has 5 atom stereocenters. The molecule has 0 radical (unpaired) electrons. The number of nitrogens with zero attached hydrogens (tertiary/aromatic N) is 1. The summed E-state index contributed by atoms with van der Waals surface area (Å²) in [6, 6.07) is 13.8. The van der Waals surface area contributed by atoms with Gasteiger partial charge in [0.1, 0.15) is 24.1 Å². The lowest BCUT2D eigenvalue weighted by Crippen LogP contribution is -2.70. The van der Waals surface area contributed by atoms with Crippen molar-refractivity contribution in [2.24, 2.45) is 5.41 Å². The summed E-state index contributed by atoms with van der Waals surface area (Å²) in [5.74, 6) is -1.74. The molecule has 266 valence electrons. The molecule has 5 N–H and O–H groups in total. The second-order valence-corrected chi connectivity index (χ2v) is 14.8. The van der Waals surface area contributed by atoms with Gasteiger partial charge in [0.05, 0.1) is 17.6 Å². The van der Waals surface area contributed by atoms with Crippen molar-refractivity contribution in [1.29, 1.82) is 0 Å². The van der Waals surface area contributed by atoms with Crippen LogP contribution < -0.4 is 5.32 Å². The molecule has 0 aromatic heterocycles. The number of benzene rings is 2. The van der Waals surface area contributed by atoms with Crippen molar-refractivity contribution < 1.29 is 39.5 Å². The number of aliphatic hydroxyl groups excluding tert-OH is 3. The summed E-state index contributed by atoms with van der Waals surface area (Å²) in [6.07, 6.45) is -2.01. The number of ether oxygens (including phenoxy) is 2. The van der Waals surface area contributed by atoms with Crippen molar-refractivity contribution in [3.63, 3.8) is 0 Å². The highest BCUT2D eigenvalue weighted by atomic mass is 16.8. The Hall–Kier alpha value is -2.70. The van der Waals surface area contributed by atoms with Crippen molar-refractivity contribution in [3.05, 3.63) is 70.3 Å². The average Bonchev–Trinajstić information content (AvgIpc) is 3.44. The molecule has 0 spiro atoms. The molecule has 2 saturated heterocycles. The molecule has 2 heterocycles. The van der Waals surface area contributed by atoms with Crippen LogP contribution in [0.3, 0.4) is 0 Å². The SMILES string of the molecule is CCN(CC)CCNC(=O)C(C)(C)CC(=O)CCCc1ccc(Cc2cc([C@]34OC[C@](C(C)(C)O)(O3)[C@@H](O)[C@H](O)[C@H]4O)ccc2C)cc1. The normalized spacial score (nSPS) is 25.8. The Morgan fingerprint density at radius 1 is 0.979 bits per heavy atom. The summed E-state index contributed by atoms with van der Waals surface area (Å²) in [6.45, 7) is 15.9. The van der Waals surface area contributed by atoms with Gasteiger partial charge in [-0.15, -0.1) is 0 Å². The predicted octanol–water partition coefficient (Wildman–Crippen LogP) is 3.16. The molecule has 0 aliphatic carbocycles. The summed E-state index contributed by atoms with van der Waals surface area (Å²) in [7, 11) is 0. The number of hydrogen-bond donors (Lipinski definition) is 5. The molecular formula is C38H56N2O8. The minimum absolute atomic E-state index is 0.0872. The van der Waals surface area contributed by atoms with Crippen molar-refractivity contribution >= 4 is 11.7 Å². The van der Waals surface area contributed by atoms with Crippen molar-refractivity contribution in [3.8, 4) is 0 Å². The van der Waals surface area contributed by atoms with Gasteiger partial charge in [0.2, 0.25) is 11.7 Å². The molecule has 10 nitrogen and oxygen atoms in total. The van der Waals surface area contributed by atoms with E-state index in [1.807, 2.05) is 32.9 Å². The first-order valence-electron chi connectivity index (χ1n) is 17.3. The number of amides is 1. The first-order chi connectivity index (χ1) is 22.5. The van der Waals surface area contributed by atoms with E-state index in [4.69, 9.17) is 9.47 Å². The third kappa shape index (κ3) is 7.86. The molecule has 2 aliphatic heterocycles. The number of aliphatic hydroxyl groups is 4. The van der Waals surface area contributed by atoms with Crippen LogP contribution in [0, 0.1) is 12.3 Å². The van der Waals surface area contributed by atoms with E-state index in [0.717, 1.165) is 48.3 Å². The Morgan fingerprint density at radius 2 is 1.62 bits per heavy atom. The highest BCUT2D eigenvalue weighted by Gasteiger charge is 2.71. The minimum Gasteiger partial charge on any atom is -0.387 e. The fourth-order valence-electron chi connectivity index (χ4n) is 6.87. The van der Waals surface area contributed by atoms with E-state index in [9.17, 15) is 30.0 Å². The van der Waals surface area contributed by atoms with Crippen LogP contribution in [0.2, 0.25) is 0 Å². The van der Waals surface area contributed by atoms with Crippen molar-refractivity contribution in [1.82, 2.24) is 10.2 Å². The topological polar surface area (TPSA) is 149 Å². The summed E-state index contributed by atoms with van der Waals surface area (Å²) >= 11 is 0. The standard InChI is InChI=1S/C38H56N2O8/c1-8-40(9-2)20-19-39-34(45)35(4,5)23-30(41)12-10-11-26-14-16-27(17-15-26)21-28-22-29(18-13-25(28)3)38-33(44)31(42)32(43)37(48-38,24-47-38)36(6,7)46/h13-18,22,31-33,42-44,46H,8-12,19-21,23-24H2,1-7H3,(H,39,45)/t31-,32-,33+,37-,38-/m0/s1. The number of fused-ring (bicyclic) bond motifs is 2. The molecular weight excluding hydrogens is 612 g/mol. The Morgan fingerprint density at radius 3 is 2.25 bits per heavy atom. The number of carbonyl (C=O) groups is 2. The van der Waals surface area contributed by atoms with Crippen LogP contribution in [-0.2, 0) is 37.7 Å². The summed E-state index contributed by atoms with van der Waals surface area (Å²) < 4.78 is 12.2. The van der Waals surface area contributed by atoms with E-state index in [-0.39, 0.29) is 24.7 Å². The highest BCUT2D eigenvalue weighted by Crippen LogP contribution is 2.53. The molecule has 2 aromatic rings. The number of rotatable bonds is 16. The lowest BCUT2D eigenvalue weighted by Gasteiger charge is -2.50. The van der Waals surface area contributed by atoms with Gasteiger partial charge >= 0.3 is 0 Å². The molecule has 4 rings (SSSR count). The maximum Gasteiger partial charge on any atom is 0.226 e. The van der Waals surface area contributed by atoms with E-state index in [0.29, 0.717) is 31.4 Å². The smallest absolute Gasteiger partial charge is 0.226 e. The second kappa shape index (κ2) is 15.0.